The number of phenolic OH excluding ortho intramolecular Hbond substituents is 2. The number of hydrogen-bond donors (Lipinski definition) is 13. The molecule has 1 saturated heterocycles. The summed E-state index contributed by atoms with van der Waals surface area (Å²) in [6, 6.07) is -2.58. The lowest BCUT2D eigenvalue weighted by Gasteiger charge is -2.44. The number of ketones is 3. The molecule has 12 unspecified atom stereocenters. The lowest BCUT2D eigenvalue weighted by Crippen LogP contribution is -2.63. The number of benzene rings is 2. The Morgan fingerprint density at radius 3 is 1.76 bits per heavy atom. The summed E-state index contributed by atoms with van der Waals surface area (Å²) in [5.41, 5.74) is -4.70. The number of carbonyl (C=O) groups is 11. The molecule has 27 nitrogen and oxygen atoms in total. The number of methoxy groups -OCH3 is 1. The van der Waals surface area contributed by atoms with Gasteiger partial charge in [0, 0.05) is 36.0 Å². The molecule has 2 fully saturated rings. The van der Waals surface area contributed by atoms with Crippen LogP contribution in [0.25, 0.3) is 0 Å². The number of Topliss-reactive ketones (excluding diaryl/α,β-unsaturated/α-hetero) is 1. The normalized spacial score (nSPS) is 26.4. The van der Waals surface area contributed by atoms with Crippen LogP contribution in [0.3, 0.4) is 0 Å². The number of aromatic hydroxyl groups is 2. The third-order valence-electron chi connectivity index (χ3n) is 15.0. The zero-order valence-electron chi connectivity index (χ0n) is 44.9. The molecule has 1 saturated carbocycles. The summed E-state index contributed by atoms with van der Waals surface area (Å²) in [4.78, 5) is 145. The van der Waals surface area contributed by atoms with Crippen molar-refractivity contribution in [2.75, 3.05) is 13.7 Å². The Morgan fingerprint density at radius 2 is 1.24 bits per heavy atom. The Hall–Kier alpha value is -7.59. The van der Waals surface area contributed by atoms with Gasteiger partial charge < -0.3 is 81.6 Å². The molecule has 2 aromatic carbocycles. The van der Waals surface area contributed by atoms with E-state index in [0.717, 1.165) is 6.92 Å². The van der Waals surface area contributed by atoms with E-state index >= 15 is 0 Å². The first-order valence-electron chi connectivity index (χ1n) is 25.8. The molecule has 436 valence electrons. The second-order valence-corrected chi connectivity index (χ2v) is 21.6. The third kappa shape index (κ3) is 12.2. The molecule has 1 aliphatic heterocycles. The highest BCUT2D eigenvalue weighted by atomic mass is 16.7. The number of carbonyl (C=O) groups excluding carboxylic acids is 8. The maximum Gasteiger partial charge on any atom is 0.308 e. The van der Waals surface area contributed by atoms with E-state index in [-0.39, 0.29) is 59.1 Å². The fraction of sp³-hybridized carbons (Fsp3) is 0.566. The summed E-state index contributed by atoms with van der Waals surface area (Å²) in [6.45, 7) is 9.63. The van der Waals surface area contributed by atoms with E-state index in [0.29, 0.717) is 0 Å². The smallest absolute Gasteiger partial charge is 0.308 e. The van der Waals surface area contributed by atoms with Gasteiger partial charge in [0.15, 0.2) is 17.9 Å². The van der Waals surface area contributed by atoms with E-state index in [9.17, 15) is 93.6 Å². The largest absolute Gasteiger partial charge is 0.507 e. The first-order valence-corrected chi connectivity index (χ1v) is 25.8. The zero-order valence-corrected chi connectivity index (χ0v) is 44.9. The van der Waals surface area contributed by atoms with E-state index < -0.39 is 191 Å². The molecule has 0 bridgehead atoms. The predicted octanol–water partition coefficient (Wildman–Crippen LogP) is -1.04. The molecule has 27 heteroatoms. The summed E-state index contributed by atoms with van der Waals surface area (Å²) < 4.78 is 17.6. The van der Waals surface area contributed by atoms with Gasteiger partial charge in [-0.2, -0.15) is 0 Å². The molecule has 4 aliphatic rings. The molecule has 80 heavy (non-hydrogen) atoms. The number of rotatable bonds is 22. The van der Waals surface area contributed by atoms with Gasteiger partial charge in [0.05, 0.1) is 65.7 Å². The molecule has 0 spiro atoms. The highest BCUT2D eigenvalue weighted by Crippen LogP contribution is 2.53. The molecule has 2 aromatic rings. The van der Waals surface area contributed by atoms with Crippen molar-refractivity contribution in [2.45, 2.75) is 141 Å². The van der Waals surface area contributed by atoms with E-state index in [1.807, 2.05) is 0 Å². The third-order valence-corrected chi connectivity index (χ3v) is 15.0. The number of fused-ring (bicyclic) bond motifs is 3. The maximum absolute atomic E-state index is 14.2. The van der Waals surface area contributed by atoms with Crippen LogP contribution < -0.4 is 31.3 Å². The summed E-state index contributed by atoms with van der Waals surface area (Å²) in [7, 11) is 1.26. The van der Waals surface area contributed by atoms with Gasteiger partial charge in [-0.15, -0.1) is 0 Å². The van der Waals surface area contributed by atoms with E-state index in [1.165, 1.54) is 39.2 Å². The second kappa shape index (κ2) is 24.4. The molecular formula is C53H67N5O22. The van der Waals surface area contributed by atoms with Crippen LogP contribution in [0.15, 0.2) is 18.2 Å². The summed E-state index contributed by atoms with van der Waals surface area (Å²) in [5, 5.41) is 97.7. The molecule has 6 rings (SSSR count). The van der Waals surface area contributed by atoms with Crippen LogP contribution in [0.2, 0.25) is 0 Å². The van der Waals surface area contributed by atoms with Crippen LogP contribution in [0.1, 0.15) is 123 Å². The van der Waals surface area contributed by atoms with Gasteiger partial charge in [0.1, 0.15) is 59.7 Å². The minimum atomic E-state index is -2.47. The Bertz CT molecular complexity index is 2850. The van der Waals surface area contributed by atoms with Crippen LogP contribution in [0.5, 0.6) is 17.2 Å². The zero-order chi connectivity index (χ0) is 59.7. The molecule has 1 heterocycles. The Labute approximate surface area is 457 Å². The van der Waals surface area contributed by atoms with Crippen molar-refractivity contribution in [1.29, 1.82) is 0 Å². The van der Waals surface area contributed by atoms with Crippen molar-refractivity contribution in [3.63, 3.8) is 0 Å². The highest BCUT2D eigenvalue weighted by Gasteiger charge is 2.64. The first kappa shape index (κ1) is 61.6. The number of carboxylic acids is 3. The SMILES string of the molecule is COc1cccc2c1C(=O)c1c(O)c3c(c(O)c1C2=O)CC(O)(C(=O)CO)CC3OC1CC(NC(=O)C(CC(C)C)NC(=O)C(C)NC(=O)C(CC(C)C)NC(=O)C(C)NC(=O)C2C(C(=O)O)C(C(=O)O)C2C(=O)O)C(O)C(C)O1. The van der Waals surface area contributed by atoms with E-state index in [2.05, 4.69) is 26.6 Å². The lowest BCUT2D eigenvalue weighted by atomic mass is 9.56. The van der Waals surface area contributed by atoms with Gasteiger partial charge in [-0.25, -0.2) is 0 Å². The number of aliphatic carboxylic acids is 3. The number of hydrogen-bond acceptors (Lipinski definition) is 19. The van der Waals surface area contributed by atoms with E-state index in [1.54, 1.807) is 27.7 Å². The van der Waals surface area contributed by atoms with Gasteiger partial charge in [0.25, 0.3) is 0 Å². The topological polar surface area (TPSA) is 437 Å². The number of carboxylic acid groups (broad SMARTS) is 3. The van der Waals surface area contributed by atoms with Crippen LogP contribution >= 0.6 is 0 Å². The number of nitrogens with one attached hydrogen (secondary N) is 5. The quantitative estimate of drug-likeness (QED) is 0.0535. The van der Waals surface area contributed by atoms with Crippen LogP contribution in [0.4, 0.5) is 0 Å². The van der Waals surface area contributed by atoms with Crippen molar-refractivity contribution in [3.05, 3.63) is 51.6 Å². The molecule has 0 radical (unpaired) electrons. The molecular weight excluding hydrogens is 1060 g/mol. The van der Waals surface area contributed by atoms with Crippen LogP contribution in [-0.4, -0.2) is 174 Å². The first-order chi connectivity index (χ1) is 37.4. The number of amides is 5. The van der Waals surface area contributed by atoms with Gasteiger partial charge in [0.2, 0.25) is 35.3 Å². The lowest BCUT2D eigenvalue weighted by molar-refractivity contribution is -0.249. The van der Waals surface area contributed by atoms with Crippen molar-refractivity contribution >= 4 is 64.8 Å². The number of ether oxygens (including phenoxy) is 3. The number of aliphatic hydroxyl groups is 3. The Balaban J connectivity index is 1.15. The van der Waals surface area contributed by atoms with Gasteiger partial charge in [-0.05, 0) is 51.5 Å². The molecule has 0 aromatic heterocycles. The Morgan fingerprint density at radius 1 is 0.713 bits per heavy atom. The van der Waals surface area contributed by atoms with E-state index in [4.69, 9.17) is 14.2 Å². The summed E-state index contributed by atoms with van der Waals surface area (Å²) >= 11 is 0. The number of aliphatic hydroxyl groups excluding tert-OH is 2. The standard InChI is InChI=1S/C53H67N5O22/c1-18(2)12-26(57-46(67)21(6)55-49(70)34-35(50(71)72)37(52(75)76)36(34)51(73)74)47(68)54-20(5)45(66)58-27(13-19(3)4)48(69)56-25-14-31(79-22(7)40(25)61)80-29-16-53(77,30(60)17-59)15-24-33(29)44(65)39-38(42(24)63)41(62)23-10-9-11-28(78-8)32(23)43(39)64/h9-11,18-22,25-27,29,31,34-37,40,59,61,63,65,77H,12-17H2,1-8H3,(H,54,68)(H,55,70)(H,56,69)(H,57,67)(H,58,66)(H,71,72)(H,73,74)(H,75,76). The summed E-state index contributed by atoms with van der Waals surface area (Å²) in [5.74, 6) is -22.6. The monoisotopic (exact) mass is 1130 g/mol. The van der Waals surface area contributed by atoms with Crippen molar-refractivity contribution < 1.29 is 108 Å². The van der Waals surface area contributed by atoms with Crippen molar-refractivity contribution in [3.8, 4) is 17.2 Å². The van der Waals surface area contributed by atoms with Crippen LogP contribution in [-0.2, 0) is 59.0 Å². The van der Waals surface area contributed by atoms with Crippen molar-refractivity contribution in [1.82, 2.24) is 26.6 Å². The highest BCUT2D eigenvalue weighted by molar-refractivity contribution is 6.31. The minimum absolute atomic E-state index is 0.00769. The number of phenols is 2. The van der Waals surface area contributed by atoms with Gasteiger partial charge in [-0.3, -0.25) is 52.7 Å². The van der Waals surface area contributed by atoms with Crippen molar-refractivity contribution in [2.24, 2.45) is 35.5 Å². The average molecular weight is 1130 g/mol. The molecule has 12 atom stereocenters. The molecule has 3 aliphatic carbocycles. The van der Waals surface area contributed by atoms with Gasteiger partial charge in [-0.1, -0.05) is 39.8 Å². The van der Waals surface area contributed by atoms with Crippen LogP contribution in [0, 0.1) is 35.5 Å². The maximum atomic E-state index is 14.2. The fourth-order valence-corrected chi connectivity index (χ4v) is 10.9. The van der Waals surface area contributed by atoms with Gasteiger partial charge >= 0.3 is 17.9 Å². The molecule has 13 N–H and O–H groups in total. The second-order valence-electron chi connectivity index (χ2n) is 21.6. The predicted molar refractivity (Wildman–Crippen MR) is 271 cm³/mol. The Kier molecular flexibility index (Phi) is 18.8. The fourth-order valence-electron chi connectivity index (χ4n) is 10.9. The molecule has 5 amide bonds. The average Bonchev–Trinajstić information content (AvgIpc) is 3.36. The summed E-state index contributed by atoms with van der Waals surface area (Å²) in [6.07, 6.45) is -7.43. The minimum Gasteiger partial charge on any atom is -0.507 e.